The highest BCUT2D eigenvalue weighted by molar-refractivity contribution is 5.85. The Morgan fingerprint density at radius 2 is 1.09 bits per heavy atom. The smallest absolute Gasteiger partial charge is 0.127 e. The van der Waals surface area contributed by atoms with Gasteiger partial charge in [-0.2, -0.15) is 0 Å². The van der Waals surface area contributed by atoms with Gasteiger partial charge in [-0.1, -0.05) is 39.8 Å². The first-order valence-corrected chi connectivity index (χ1v) is 12.3. The van der Waals surface area contributed by atoms with Crippen LogP contribution in [-0.2, 0) is 12.8 Å². The molecule has 0 atom stereocenters. The minimum Gasteiger partial charge on any atom is -0.507 e. The normalized spacial score (nSPS) is 12.1. The van der Waals surface area contributed by atoms with E-state index in [4.69, 9.17) is 0 Å². The average molecular weight is 451 g/mol. The summed E-state index contributed by atoms with van der Waals surface area (Å²) >= 11 is 0. The Labute approximate surface area is 200 Å². The Morgan fingerprint density at radius 3 is 1.45 bits per heavy atom. The van der Waals surface area contributed by atoms with Crippen molar-refractivity contribution in [3.63, 3.8) is 0 Å². The molecule has 0 radical (unpaired) electrons. The number of phenols is 2. The summed E-state index contributed by atoms with van der Waals surface area (Å²) in [4.78, 5) is 9.01. The SMILES string of the molecule is Cc1cc(CCC(C)C)cc(C=NCCCN=Cc2cc(CCC(C)C)cc(C)c2O)c1O. The summed E-state index contributed by atoms with van der Waals surface area (Å²) in [5.41, 5.74) is 5.86. The van der Waals surface area contributed by atoms with Crippen LogP contribution in [0.4, 0.5) is 0 Å². The molecule has 4 heteroatoms. The standard InChI is InChI=1S/C29H42N2O2/c1-20(2)8-10-24-14-22(5)28(32)26(16-24)18-30-12-7-13-31-19-27-17-25(11-9-21(3)4)15-23(6)29(27)33/h14-21,32-33H,7-13H2,1-6H3. The van der Waals surface area contributed by atoms with Crippen LogP contribution in [-0.4, -0.2) is 35.7 Å². The molecule has 0 bridgehead atoms. The quantitative estimate of drug-likeness (QED) is 0.275. The van der Waals surface area contributed by atoms with Gasteiger partial charge in [-0.05, 0) is 92.2 Å². The maximum atomic E-state index is 10.4. The molecule has 2 aromatic rings. The van der Waals surface area contributed by atoms with Gasteiger partial charge < -0.3 is 10.2 Å². The fourth-order valence-corrected chi connectivity index (χ4v) is 3.74. The van der Waals surface area contributed by atoms with Crippen molar-refractivity contribution >= 4 is 12.4 Å². The van der Waals surface area contributed by atoms with Crippen molar-refractivity contribution in [3.05, 3.63) is 57.6 Å². The minimum atomic E-state index is 0.313. The van der Waals surface area contributed by atoms with Crippen LogP contribution in [0.1, 0.15) is 80.3 Å². The van der Waals surface area contributed by atoms with E-state index in [1.54, 1.807) is 12.4 Å². The zero-order valence-corrected chi connectivity index (χ0v) is 21.4. The topological polar surface area (TPSA) is 65.2 Å². The highest BCUT2D eigenvalue weighted by atomic mass is 16.3. The number of hydrogen-bond acceptors (Lipinski definition) is 4. The summed E-state index contributed by atoms with van der Waals surface area (Å²) in [7, 11) is 0. The molecular weight excluding hydrogens is 408 g/mol. The lowest BCUT2D eigenvalue weighted by Gasteiger charge is -2.10. The second-order valence-corrected chi connectivity index (χ2v) is 9.99. The fraction of sp³-hybridized carbons (Fsp3) is 0.517. The third kappa shape index (κ3) is 9.03. The molecule has 2 aromatic carbocycles. The van der Waals surface area contributed by atoms with Gasteiger partial charge in [0.15, 0.2) is 0 Å². The first kappa shape index (κ1) is 26.6. The number of aliphatic imine (C=N–C) groups is 2. The van der Waals surface area contributed by atoms with Crippen molar-refractivity contribution in [1.82, 2.24) is 0 Å². The summed E-state index contributed by atoms with van der Waals surface area (Å²) in [5.74, 6) is 1.94. The van der Waals surface area contributed by atoms with Crippen molar-refractivity contribution in [1.29, 1.82) is 0 Å². The van der Waals surface area contributed by atoms with Crippen LogP contribution in [0.15, 0.2) is 34.3 Å². The van der Waals surface area contributed by atoms with Gasteiger partial charge >= 0.3 is 0 Å². The fourth-order valence-electron chi connectivity index (χ4n) is 3.74. The number of hydrogen-bond donors (Lipinski definition) is 2. The second kappa shape index (κ2) is 13.2. The molecule has 0 aromatic heterocycles. The summed E-state index contributed by atoms with van der Waals surface area (Å²) in [6, 6.07) is 8.23. The number of nitrogens with zero attached hydrogens (tertiary/aromatic N) is 2. The molecule has 0 aliphatic rings. The Hall–Kier alpha value is -2.62. The van der Waals surface area contributed by atoms with Crippen molar-refractivity contribution < 1.29 is 10.2 Å². The van der Waals surface area contributed by atoms with E-state index in [1.165, 1.54) is 11.1 Å². The van der Waals surface area contributed by atoms with Crippen LogP contribution in [0.2, 0.25) is 0 Å². The predicted octanol–water partition coefficient (Wildman–Crippen LogP) is 6.82. The van der Waals surface area contributed by atoms with Gasteiger partial charge in [0.2, 0.25) is 0 Å². The van der Waals surface area contributed by atoms with Gasteiger partial charge in [0.1, 0.15) is 11.5 Å². The van der Waals surface area contributed by atoms with Gasteiger partial charge in [-0.25, -0.2) is 0 Å². The molecular formula is C29H42N2O2. The van der Waals surface area contributed by atoms with Crippen LogP contribution in [0.5, 0.6) is 11.5 Å². The third-order valence-electron chi connectivity index (χ3n) is 5.84. The van der Waals surface area contributed by atoms with Gasteiger partial charge in [0.25, 0.3) is 0 Å². The molecule has 0 spiro atoms. The lowest BCUT2D eigenvalue weighted by molar-refractivity contribution is 0.469. The van der Waals surface area contributed by atoms with Crippen molar-refractivity contribution in [2.45, 2.75) is 73.6 Å². The monoisotopic (exact) mass is 450 g/mol. The van der Waals surface area contributed by atoms with E-state index < -0.39 is 0 Å². The lowest BCUT2D eigenvalue weighted by atomic mass is 9.98. The first-order chi connectivity index (χ1) is 15.7. The summed E-state index contributed by atoms with van der Waals surface area (Å²) in [6.45, 7) is 14.1. The minimum absolute atomic E-state index is 0.313. The Kier molecular flexibility index (Phi) is 10.6. The van der Waals surface area contributed by atoms with Crippen LogP contribution < -0.4 is 0 Å². The van der Waals surface area contributed by atoms with Crippen molar-refractivity contribution in [3.8, 4) is 11.5 Å². The van der Waals surface area contributed by atoms with Crippen LogP contribution in [0.3, 0.4) is 0 Å². The highest BCUT2D eigenvalue weighted by Crippen LogP contribution is 2.25. The molecule has 180 valence electrons. The maximum Gasteiger partial charge on any atom is 0.127 e. The molecule has 0 aliphatic carbocycles. The molecule has 0 fully saturated rings. The predicted molar refractivity (Wildman–Crippen MR) is 142 cm³/mol. The summed E-state index contributed by atoms with van der Waals surface area (Å²) in [5, 5.41) is 20.7. The van der Waals surface area contributed by atoms with Crippen LogP contribution in [0, 0.1) is 25.7 Å². The van der Waals surface area contributed by atoms with E-state index in [0.29, 0.717) is 36.4 Å². The number of aryl methyl sites for hydroxylation is 4. The van der Waals surface area contributed by atoms with Crippen LogP contribution in [0.25, 0.3) is 0 Å². The highest BCUT2D eigenvalue weighted by Gasteiger charge is 2.07. The molecule has 0 saturated heterocycles. The molecule has 0 amide bonds. The molecule has 4 nitrogen and oxygen atoms in total. The van der Waals surface area contributed by atoms with Gasteiger partial charge in [-0.3, -0.25) is 9.98 Å². The Balaban J connectivity index is 1.90. The van der Waals surface area contributed by atoms with Crippen molar-refractivity contribution in [2.75, 3.05) is 13.1 Å². The van der Waals surface area contributed by atoms with E-state index >= 15 is 0 Å². The number of benzene rings is 2. The van der Waals surface area contributed by atoms with Gasteiger partial charge in [0, 0.05) is 36.6 Å². The first-order valence-electron chi connectivity index (χ1n) is 12.3. The van der Waals surface area contributed by atoms with Crippen LogP contribution >= 0.6 is 0 Å². The van der Waals surface area contributed by atoms with Crippen molar-refractivity contribution in [2.24, 2.45) is 21.8 Å². The molecule has 2 rings (SSSR count). The van der Waals surface area contributed by atoms with E-state index in [1.807, 2.05) is 26.0 Å². The molecule has 0 heterocycles. The number of aromatic hydroxyl groups is 2. The molecule has 0 unspecified atom stereocenters. The van der Waals surface area contributed by atoms with E-state index in [-0.39, 0.29) is 0 Å². The average Bonchev–Trinajstić information content (AvgIpc) is 2.75. The van der Waals surface area contributed by atoms with Gasteiger partial charge in [0.05, 0.1) is 0 Å². The van der Waals surface area contributed by atoms with Gasteiger partial charge in [-0.15, -0.1) is 0 Å². The molecule has 33 heavy (non-hydrogen) atoms. The Morgan fingerprint density at radius 1 is 0.697 bits per heavy atom. The molecule has 0 saturated carbocycles. The number of phenolic OH excluding ortho intramolecular Hbond substituents is 2. The summed E-state index contributed by atoms with van der Waals surface area (Å²) < 4.78 is 0. The summed E-state index contributed by atoms with van der Waals surface area (Å²) in [6.07, 6.45) is 8.66. The maximum absolute atomic E-state index is 10.4. The third-order valence-corrected chi connectivity index (χ3v) is 5.84. The largest absolute Gasteiger partial charge is 0.507 e. The number of rotatable bonds is 12. The van der Waals surface area contributed by atoms with E-state index in [2.05, 4.69) is 49.8 Å². The lowest BCUT2D eigenvalue weighted by Crippen LogP contribution is -1.97. The van der Waals surface area contributed by atoms with E-state index in [9.17, 15) is 10.2 Å². The Bertz CT molecular complexity index is 881. The van der Waals surface area contributed by atoms with E-state index in [0.717, 1.165) is 54.4 Å². The second-order valence-electron chi connectivity index (χ2n) is 9.99. The zero-order valence-electron chi connectivity index (χ0n) is 21.4. The zero-order chi connectivity index (χ0) is 24.4. The molecule has 2 N–H and O–H groups in total. The molecule has 0 aliphatic heterocycles.